The van der Waals surface area contributed by atoms with Crippen molar-refractivity contribution in [1.29, 1.82) is 0 Å². The third kappa shape index (κ3) is 2.43. The van der Waals surface area contributed by atoms with Crippen LogP contribution in [-0.4, -0.2) is 10.8 Å². The number of ketones is 1. The van der Waals surface area contributed by atoms with Crippen molar-refractivity contribution in [3.63, 3.8) is 0 Å². The Morgan fingerprint density at radius 3 is 2.42 bits per heavy atom. The molecule has 1 aliphatic carbocycles. The number of carbonyl (C=O) groups is 1. The van der Waals surface area contributed by atoms with Crippen LogP contribution in [0, 0.1) is 6.92 Å². The molecule has 1 aliphatic rings. The summed E-state index contributed by atoms with van der Waals surface area (Å²) >= 11 is 0. The summed E-state index contributed by atoms with van der Waals surface area (Å²) in [4.78, 5) is 16.6. The normalized spacial score (nSPS) is 15.0. The van der Waals surface area contributed by atoms with E-state index in [9.17, 15) is 4.79 Å². The van der Waals surface area contributed by atoms with Gasteiger partial charge in [0.25, 0.3) is 0 Å². The van der Waals surface area contributed by atoms with Gasteiger partial charge < -0.3 is 0 Å². The lowest BCUT2D eigenvalue weighted by Gasteiger charge is -2.25. The first-order chi connectivity index (χ1) is 9.24. The first-order valence-electron chi connectivity index (χ1n) is 6.82. The van der Waals surface area contributed by atoms with Crippen molar-refractivity contribution in [2.45, 2.75) is 32.1 Å². The Morgan fingerprint density at radius 2 is 1.84 bits per heavy atom. The van der Waals surface area contributed by atoms with E-state index in [1.165, 1.54) is 24.8 Å². The highest BCUT2D eigenvalue weighted by atomic mass is 16.1. The van der Waals surface area contributed by atoms with Crippen molar-refractivity contribution < 1.29 is 4.79 Å². The topological polar surface area (TPSA) is 30.0 Å². The number of pyridine rings is 1. The van der Waals surface area contributed by atoms with Crippen molar-refractivity contribution in [3.05, 3.63) is 65.0 Å². The van der Waals surface area contributed by atoms with E-state index in [4.69, 9.17) is 0 Å². The molecule has 0 amide bonds. The van der Waals surface area contributed by atoms with E-state index in [2.05, 4.69) is 17.1 Å². The van der Waals surface area contributed by atoms with Gasteiger partial charge in [-0.25, -0.2) is 4.98 Å². The van der Waals surface area contributed by atoms with Crippen molar-refractivity contribution in [1.82, 2.24) is 4.98 Å². The number of aromatic nitrogens is 1. The van der Waals surface area contributed by atoms with Crippen LogP contribution < -0.4 is 0 Å². The molecule has 0 N–H and O–H groups in total. The molecule has 3 rings (SSSR count). The maximum atomic E-state index is 12.3. The zero-order valence-corrected chi connectivity index (χ0v) is 11.1. The van der Waals surface area contributed by atoms with Gasteiger partial charge in [-0.1, -0.05) is 36.8 Å². The molecule has 0 unspecified atom stereocenters. The largest absolute Gasteiger partial charge is 0.287 e. The third-order valence-electron chi connectivity index (χ3n) is 3.87. The highest BCUT2D eigenvalue weighted by Crippen LogP contribution is 2.36. The number of hydrogen-bond donors (Lipinski definition) is 0. The lowest BCUT2D eigenvalue weighted by Crippen LogP contribution is -2.09. The first kappa shape index (κ1) is 12.1. The van der Waals surface area contributed by atoms with Gasteiger partial charge in [-0.2, -0.15) is 0 Å². The second-order valence-corrected chi connectivity index (χ2v) is 5.24. The van der Waals surface area contributed by atoms with Gasteiger partial charge in [0.1, 0.15) is 5.69 Å². The smallest absolute Gasteiger partial charge is 0.211 e. The van der Waals surface area contributed by atoms with Crippen LogP contribution >= 0.6 is 0 Å². The van der Waals surface area contributed by atoms with Crippen LogP contribution in [0.1, 0.15) is 52.5 Å². The van der Waals surface area contributed by atoms with Gasteiger partial charge in [0.2, 0.25) is 5.78 Å². The van der Waals surface area contributed by atoms with E-state index in [1.807, 2.05) is 31.2 Å². The molecule has 0 atom stereocenters. The SMILES string of the molecule is Cc1cccc(C(=O)c2ccc(C3CCC3)cc2)n1. The second kappa shape index (κ2) is 4.96. The number of benzene rings is 1. The lowest BCUT2D eigenvalue weighted by molar-refractivity contribution is 0.103. The molecule has 1 saturated carbocycles. The molecule has 1 aromatic heterocycles. The Labute approximate surface area is 113 Å². The summed E-state index contributed by atoms with van der Waals surface area (Å²) in [6.45, 7) is 1.90. The highest BCUT2D eigenvalue weighted by molar-refractivity contribution is 6.07. The van der Waals surface area contributed by atoms with Gasteiger partial charge in [0.05, 0.1) is 0 Å². The summed E-state index contributed by atoms with van der Waals surface area (Å²) in [6, 6.07) is 13.6. The summed E-state index contributed by atoms with van der Waals surface area (Å²) in [6.07, 6.45) is 3.90. The van der Waals surface area contributed by atoms with Crippen LogP contribution in [0.25, 0.3) is 0 Å². The number of nitrogens with zero attached hydrogens (tertiary/aromatic N) is 1. The quantitative estimate of drug-likeness (QED) is 0.775. The number of rotatable bonds is 3. The van der Waals surface area contributed by atoms with E-state index in [1.54, 1.807) is 6.07 Å². The van der Waals surface area contributed by atoms with E-state index in [-0.39, 0.29) is 5.78 Å². The minimum atomic E-state index is 0.00357. The molecular weight excluding hydrogens is 234 g/mol. The molecule has 0 radical (unpaired) electrons. The highest BCUT2D eigenvalue weighted by Gasteiger charge is 2.19. The molecule has 2 nitrogen and oxygen atoms in total. The Kier molecular flexibility index (Phi) is 3.16. The zero-order chi connectivity index (χ0) is 13.2. The van der Waals surface area contributed by atoms with Crippen LogP contribution in [-0.2, 0) is 0 Å². The molecule has 1 aromatic carbocycles. The van der Waals surface area contributed by atoms with Crippen LogP contribution in [0.3, 0.4) is 0 Å². The summed E-state index contributed by atoms with van der Waals surface area (Å²) in [5, 5.41) is 0. The predicted octanol–water partition coefficient (Wildman–Crippen LogP) is 3.89. The number of aryl methyl sites for hydroxylation is 1. The standard InChI is InChI=1S/C17H17NO/c1-12-4-2-7-16(18-12)17(19)15-10-8-14(9-11-15)13-5-3-6-13/h2,4,7-11,13H,3,5-6H2,1H3. The Hall–Kier alpha value is -1.96. The van der Waals surface area contributed by atoms with Crippen molar-refractivity contribution in [2.75, 3.05) is 0 Å². The van der Waals surface area contributed by atoms with Crippen molar-refractivity contribution in [3.8, 4) is 0 Å². The van der Waals surface area contributed by atoms with Crippen LogP contribution in [0.4, 0.5) is 0 Å². The minimum absolute atomic E-state index is 0.00357. The fourth-order valence-electron chi connectivity index (χ4n) is 2.47. The summed E-state index contributed by atoms with van der Waals surface area (Å²) in [5.41, 5.74) is 3.48. The Bertz CT molecular complexity index is 597. The van der Waals surface area contributed by atoms with Gasteiger partial charge in [0, 0.05) is 11.3 Å². The molecule has 0 saturated heterocycles. The Balaban J connectivity index is 1.83. The minimum Gasteiger partial charge on any atom is -0.287 e. The van der Waals surface area contributed by atoms with Crippen LogP contribution in [0.2, 0.25) is 0 Å². The third-order valence-corrected chi connectivity index (χ3v) is 3.87. The zero-order valence-electron chi connectivity index (χ0n) is 11.1. The number of carbonyl (C=O) groups excluding carboxylic acids is 1. The molecule has 96 valence electrons. The second-order valence-electron chi connectivity index (χ2n) is 5.24. The molecule has 19 heavy (non-hydrogen) atoms. The molecular formula is C17H17NO. The van der Waals surface area contributed by atoms with Gasteiger partial charge >= 0.3 is 0 Å². The van der Waals surface area contributed by atoms with E-state index >= 15 is 0 Å². The molecule has 0 bridgehead atoms. The van der Waals surface area contributed by atoms with E-state index in [0.29, 0.717) is 11.6 Å². The summed E-state index contributed by atoms with van der Waals surface area (Å²) in [5.74, 6) is 0.713. The van der Waals surface area contributed by atoms with Gasteiger partial charge in [-0.3, -0.25) is 4.79 Å². The molecule has 0 spiro atoms. The predicted molar refractivity (Wildman–Crippen MR) is 75.4 cm³/mol. The lowest BCUT2D eigenvalue weighted by atomic mass is 9.80. The molecule has 0 aliphatic heterocycles. The fraction of sp³-hybridized carbons (Fsp3) is 0.294. The monoisotopic (exact) mass is 251 g/mol. The van der Waals surface area contributed by atoms with E-state index in [0.717, 1.165) is 11.3 Å². The van der Waals surface area contributed by atoms with Crippen molar-refractivity contribution >= 4 is 5.78 Å². The summed E-state index contributed by atoms with van der Waals surface area (Å²) < 4.78 is 0. The van der Waals surface area contributed by atoms with Crippen molar-refractivity contribution in [2.24, 2.45) is 0 Å². The Morgan fingerprint density at radius 1 is 1.11 bits per heavy atom. The fourth-order valence-corrected chi connectivity index (χ4v) is 2.47. The molecule has 1 fully saturated rings. The molecule has 2 heteroatoms. The maximum absolute atomic E-state index is 12.3. The van der Waals surface area contributed by atoms with Crippen LogP contribution in [0.15, 0.2) is 42.5 Å². The maximum Gasteiger partial charge on any atom is 0.211 e. The average Bonchev–Trinajstić information content (AvgIpc) is 2.37. The first-order valence-corrected chi connectivity index (χ1v) is 6.82. The van der Waals surface area contributed by atoms with E-state index < -0.39 is 0 Å². The van der Waals surface area contributed by atoms with Crippen LogP contribution in [0.5, 0.6) is 0 Å². The molecule has 2 aromatic rings. The van der Waals surface area contributed by atoms with Gasteiger partial charge in [-0.05, 0) is 43.4 Å². The van der Waals surface area contributed by atoms with Gasteiger partial charge in [0.15, 0.2) is 0 Å². The average molecular weight is 251 g/mol. The number of hydrogen-bond acceptors (Lipinski definition) is 2. The van der Waals surface area contributed by atoms with Gasteiger partial charge in [-0.15, -0.1) is 0 Å². The molecule has 1 heterocycles. The summed E-state index contributed by atoms with van der Waals surface area (Å²) in [7, 11) is 0.